The van der Waals surface area contributed by atoms with E-state index in [0.29, 0.717) is 13.1 Å². The van der Waals surface area contributed by atoms with Gasteiger partial charge in [-0.3, -0.25) is 14.9 Å². The first-order valence-electron chi connectivity index (χ1n) is 6.77. The van der Waals surface area contributed by atoms with Gasteiger partial charge >= 0.3 is 0 Å². The third-order valence-corrected chi connectivity index (χ3v) is 4.18. The lowest BCUT2D eigenvalue weighted by Gasteiger charge is -2.21. The van der Waals surface area contributed by atoms with E-state index in [9.17, 15) is 14.9 Å². The molecule has 116 valence electrons. The van der Waals surface area contributed by atoms with Gasteiger partial charge in [0.2, 0.25) is 0 Å². The Labute approximate surface area is 137 Å². The minimum Gasteiger partial charge on any atom is -0.334 e. The first-order chi connectivity index (χ1) is 10.5. The summed E-state index contributed by atoms with van der Waals surface area (Å²) in [5.41, 5.74) is 1.08. The first kappa shape index (κ1) is 16.5. The third kappa shape index (κ3) is 3.84. The second-order valence-electron chi connectivity index (χ2n) is 4.78. The van der Waals surface area contributed by atoms with Crippen molar-refractivity contribution in [2.75, 3.05) is 6.54 Å². The standard InChI is InChI=1S/C15H15ClN2O3S/c1-2-6-17(9-11-5-7-22-10-11)15(19)12-3-4-13(16)14(8-12)18(20)21/h3-5,7-8,10H,2,6,9H2,1H3. The molecule has 1 amide bonds. The summed E-state index contributed by atoms with van der Waals surface area (Å²) >= 11 is 7.36. The second-order valence-corrected chi connectivity index (χ2v) is 5.97. The molecule has 0 aliphatic carbocycles. The molecular formula is C15H15ClN2O3S. The van der Waals surface area contributed by atoms with Crippen molar-refractivity contribution in [2.24, 2.45) is 0 Å². The quantitative estimate of drug-likeness (QED) is 0.580. The van der Waals surface area contributed by atoms with E-state index in [-0.39, 0.29) is 22.2 Å². The molecule has 7 heteroatoms. The Morgan fingerprint density at radius 2 is 2.18 bits per heavy atom. The fraction of sp³-hybridized carbons (Fsp3) is 0.267. The van der Waals surface area contributed by atoms with Crippen molar-refractivity contribution in [1.29, 1.82) is 0 Å². The second kappa shape index (κ2) is 7.38. The molecule has 0 radical (unpaired) electrons. The summed E-state index contributed by atoms with van der Waals surface area (Å²) in [5, 5.41) is 14.9. The molecule has 5 nitrogen and oxygen atoms in total. The molecule has 0 N–H and O–H groups in total. The molecule has 0 aliphatic heterocycles. The zero-order valence-corrected chi connectivity index (χ0v) is 13.6. The Kier molecular flexibility index (Phi) is 5.51. The molecule has 0 fully saturated rings. The molecule has 0 atom stereocenters. The molecule has 0 spiro atoms. The topological polar surface area (TPSA) is 63.5 Å². The van der Waals surface area contributed by atoms with Gasteiger partial charge in [0, 0.05) is 24.7 Å². The van der Waals surface area contributed by atoms with Crippen LogP contribution in [0.4, 0.5) is 5.69 Å². The number of carbonyl (C=O) groups excluding carboxylic acids is 1. The Morgan fingerprint density at radius 3 is 2.77 bits per heavy atom. The number of thiophene rings is 1. The highest BCUT2D eigenvalue weighted by Crippen LogP contribution is 2.26. The van der Waals surface area contributed by atoms with E-state index in [1.54, 1.807) is 16.2 Å². The number of halogens is 1. The fourth-order valence-electron chi connectivity index (χ4n) is 2.09. The van der Waals surface area contributed by atoms with E-state index in [2.05, 4.69) is 0 Å². The molecule has 1 aromatic carbocycles. The van der Waals surface area contributed by atoms with E-state index < -0.39 is 4.92 Å². The van der Waals surface area contributed by atoms with Gasteiger partial charge in [-0.25, -0.2) is 0 Å². The third-order valence-electron chi connectivity index (χ3n) is 3.12. The van der Waals surface area contributed by atoms with Crippen LogP contribution in [0.2, 0.25) is 5.02 Å². The van der Waals surface area contributed by atoms with Gasteiger partial charge in [0.05, 0.1) is 4.92 Å². The van der Waals surface area contributed by atoms with Crippen LogP contribution in [-0.4, -0.2) is 22.3 Å². The zero-order valence-electron chi connectivity index (χ0n) is 12.0. The van der Waals surface area contributed by atoms with Gasteiger partial charge in [-0.2, -0.15) is 11.3 Å². The number of hydrogen-bond donors (Lipinski definition) is 0. The van der Waals surface area contributed by atoms with Crippen molar-refractivity contribution in [2.45, 2.75) is 19.9 Å². The van der Waals surface area contributed by atoms with Gasteiger partial charge in [0.15, 0.2) is 0 Å². The van der Waals surface area contributed by atoms with Crippen molar-refractivity contribution in [1.82, 2.24) is 4.90 Å². The van der Waals surface area contributed by atoms with E-state index in [0.717, 1.165) is 12.0 Å². The number of nitro groups is 1. The van der Waals surface area contributed by atoms with E-state index >= 15 is 0 Å². The Morgan fingerprint density at radius 1 is 1.41 bits per heavy atom. The lowest BCUT2D eigenvalue weighted by molar-refractivity contribution is -0.384. The maximum absolute atomic E-state index is 12.6. The van der Waals surface area contributed by atoms with E-state index in [4.69, 9.17) is 11.6 Å². The first-order valence-corrected chi connectivity index (χ1v) is 8.09. The number of nitro benzene ring substituents is 1. The van der Waals surface area contributed by atoms with Crippen LogP contribution in [0.5, 0.6) is 0 Å². The molecule has 1 aromatic heterocycles. The summed E-state index contributed by atoms with van der Waals surface area (Å²) in [4.78, 5) is 24.7. The van der Waals surface area contributed by atoms with Crippen molar-refractivity contribution >= 4 is 34.5 Å². The van der Waals surface area contributed by atoms with Crippen LogP contribution in [0, 0.1) is 10.1 Å². The number of benzene rings is 1. The van der Waals surface area contributed by atoms with Crippen LogP contribution in [0.3, 0.4) is 0 Å². The maximum atomic E-state index is 12.6. The maximum Gasteiger partial charge on any atom is 0.288 e. The summed E-state index contributed by atoms with van der Waals surface area (Å²) in [7, 11) is 0. The van der Waals surface area contributed by atoms with Crippen LogP contribution >= 0.6 is 22.9 Å². The summed E-state index contributed by atoms with van der Waals surface area (Å²) in [6.07, 6.45) is 0.811. The average Bonchev–Trinajstić information content (AvgIpc) is 2.99. The van der Waals surface area contributed by atoms with Gasteiger partial charge < -0.3 is 4.90 Å². The minimum atomic E-state index is -0.581. The zero-order chi connectivity index (χ0) is 16.1. The van der Waals surface area contributed by atoms with Gasteiger partial charge in [-0.15, -0.1) is 0 Å². The van der Waals surface area contributed by atoms with Crippen LogP contribution < -0.4 is 0 Å². The van der Waals surface area contributed by atoms with Gasteiger partial charge in [0.25, 0.3) is 11.6 Å². The lowest BCUT2D eigenvalue weighted by Crippen LogP contribution is -2.31. The number of hydrogen-bond acceptors (Lipinski definition) is 4. The highest BCUT2D eigenvalue weighted by atomic mass is 35.5. The van der Waals surface area contributed by atoms with Crippen molar-refractivity contribution in [3.63, 3.8) is 0 Å². The smallest absolute Gasteiger partial charge is 0.288 e. The number of rotatable bonds is 6. The molecule has 0 bridgehead atoms. The lowest BCUT2D eigenvalue weighted by atomic mass is 10.1. The van der Waals surface area contributed by atoms with Gasteiger partial charge in [-0.1, -0.05) is 18.5 Å². The molecule has 2 aromatic rings. The summed E-state index contributed by atoms with van der Waals surface area (Å²) < 4.78 is 0. The van der Waals surface area contributed by atoms with Crippen LogP contribution in [-0.2, 0) is 6.54 Å². The molecule has 2 rings (SSSR count). The average molecular weight is 339 g/mol. The summed E-state index contributed by atoms with van der Waals surface area (Å²) in [6.45, 7) is 3.07. The normalized spacial score (nSPS) is 10.5. The Bertz CT molecular complexity index is 673. The number of carbonyl (C=O) groups is 1. The van der Waals surface area contributed by atoms with Gasteiger partial charge in [0.1, 0.15) is 5.02 Å². The minimum absolute atomic E-state index is 0.0291. The summed E-state index contributed by atoms with van der Waals surface area (Å²) in [6, 6.07) is 6.11. The molecular weight excluding hydrogens is 324 g/mol. The fourth-order valence-corrected chi connectivity index (χ4v) is 2.94. The monoisotopic (exact) mass is 338 g/mol. The number of amides is 1. The molecule has 0 saturated heterocycles. The van der Waals surface area contributed by atoms with Gasteiger partial charge in [-0.05, 0) is 40.9 Å². The number of nitrogens with zero attached hydrogens (tertiary/aromatic N) is 2. The van der Waals surface area contributed by atoms with E-state index in [1.165, 1.54) is 18.2 Å². The predicted molar refractivity (Wildman–Crippen MR) is 87.5 cm³/mol. The SMILES string of the molecule is CCCN(Cc1ccsc1)C(=O)c1ccc(Cl)c([N+](=O)[O-])c1. The molecule has 1 heterocycles. The highest BCUT2D eigenvalue weighted by Gasteiger charge is 2.20. The Balaban J connectivity index is 2.26. The summed E-state index contributed by atoms with van der Waals surface area (Å²) in [5.74, 6) is -0.229. The van der Waals surface area contributed by atoms with E-state index in [1.807, 2.05) is 23.8 Å². The molecule has 0 unspecified atom stereocenters. The van der Waals surface area contributed by atoms with Crippen molar-refractivity contribution in [3.05, 3.63) is 61.3 Å². The predicted octanol–water partition coefficient (Wildman–Crippen LogP) is 4.36. The van der Waals surface area contributed by atoms with Crippen LogP contribution in [0.1, 0.15) is 29.3 Å². The van der Waals surface area contributed by atoms with Crippen LogP contribution in [0.15, 0.2) is 35.0 Å². The Hall–Kier alpha value is -1.92. The van der Waals surface area contributed by atoms with Crippen LogP contribution in [0.25, 0.3) is 0 Å². The molecule has 22 heavy (non-hydrogen) atoms. The molecule has 0 saturated carbocycles. The highest BCUT2D eigenvalue weighted by molar-refractivity contribution is 7.07. The molecule has 0 aliphatic rings. The largest absolute Gasteiger partial charge is 0.334 e. The van der Waals surface area contributed by atoms with Crippen molar-refractivity contribution < 1.29 is 9.72 Å². The van der Waals surface area contributed by atoms with Crippen molar-refractivity contribution in [3.8, 4) is 0 Å².